The van der Waals surface area contributed by atoms with Crippen molar-refractivity contribution in [1.82, 2.24) is 20.1 Å². The number of primary amides is 1. The molecule has 2 aromatic rings. The minimum Gasteiger partial charge on any atom is -0.351 e. The standard InChI is InChI=1S/C18H25N5O2S2/c1-3-11-6-7-13-12(9-11)10-14(27-13)16-21-22-18(23(16)2)26-8-4-5-15(24)20-17(19)25/h10-11H,3-9H2,1-2H3,(H3,19,20,24,25). The highest BCUT2D eigenvalue weighted by Gasteiger charge is 2.22. The van der Waals surface area contributed by atoms with E-state index in [0.29, 0.717) is 6.42 Å². The molecule has 2 heterocycles. The van der Waals surface area contributed by atoms with E-state index in [1.54, 1.807) is 11.8 Å². The van der Waals surface area contributed by atoms with Gasteiger partial charge in [-0.3, -0.25) is 10.1 Å². The van der Waals surface area contributed by atoms with Crippen LogP contribution in [-0.2, 0) is 24.7 Å². The van der Waals surface area contributed by atoms with E-state index in [9.17, 15) is 9.59 Å². The SMILES string of the molecule is CCC1CCc2sc(-c3nnc(SCCCC(=O)NC(N)=O)n3C)cc2C1. The summed E-state index contributed by atoms with van der Waals surface area (Å²) in [5.74, 6) is 2.07. The van der Waals surface area contributed by atoms with Crippen molar-refractivity contribution in [1.29, 1.82) is 0 Å². The fourth-order valence-corrected chi connectivity index (χ4v) is 5.39. The number of thioether (sulfide) groups is 1. The summed E-state index contributed by atoms with van der Waals surface area (Å²) in [5, 5.41) is 11.6. The molecule has 0 radical (unpaired) electrons. The Labute approximate surface area is 167 Å². The predicted molar refractivity (Wildman–Crippen MR) is 108 cm³/mol. The van der Waals surface area contributed by atoms with Crippen LogP contribution in [0.5, 0.6) is 0 Å². The number of fused-ring (bicyclic) bond motifs is 1. The van der Waals surface area contributed by atoms with Crippen molar-refractivity contribution in [3.05, 3.63) is 16.5 Å². The second kappa shape index (κ2) is 8.88. The molecule has 2 aromatic heterocycles. The third-order valence-corrected chi connectivity index (χ3v) is 7.20. The van der Waals surface area contributed by atoms with Crippen LogP contribution < -0.4 is 11.1 Å². The second-order valence-electron chi connectivity index (χ2n) is 6.81. The average Bonchev–Trinajstić information content (AvgIpc) is 3.20. The fourth-order valence-electron chi connectivity index (χ4n) is 3.31. The van der Waals surface area contributed by atoms with Gasteiger partial charge in [0.1, 0.15) is 0 Å². The number of nitrogens with two attached hydrogens (primary N) is 1. The molecule has 0 aromatic carbocycles. The van der Waals surface area contributed by atoms with Crippen LogP contribution in [0.2, 0.25) is 0 Å². The van der Waals surface area contributed by atoms with E-state index in [0.717, 1.165) is 22.7 Å². The lowest BCUT2D eigenvalue weighted by molar-refractivity contribution is -0.119. The van der Waals surface area contributed by atoms with Crippen molar-refractivity contribution in [3.63, 3.8) is 0 Å². The lowest BCUT2D eigenvalue weighted by atomic mass is 9.87. The molecule has 0 bridgehead atoms. The van der Waals surface area contributed by atoms with Gasteiger partial charge in [-0.1, -0.05) is 25.1 Å². The summed E-state index contributed by atoms with van der Waals surface area (Å²) in [4.78, 5) is 24.7. The molecule has 7 nitrogen and oxygen atoms in total. The molecule has 3 amide bonds. The van der Waals surface area contributed by atoms with Gasteiger partial charge in [-0.05, 0) is 43.2 Å². The molecule has 0 fully saturated rings. The molecule has 1 atom stereocenters. The number of carbonyl (C=O) groups excluding carboxylic acids is 2. The largest absolute Gasteiger partial charge is 0.351 e. The van der Waals surface area contributed by atoms with Crippen LogP contribution in [0.25, 0.3) is 10.7 Å². The molecule has 1 aliphatic carbocycles. The molecule has 0 spiro atoms. The zero-order valence-electron chi connectivity index (χ0n) is 15.7. The first-order valence-electron chi connectivity index (χ1n) is 9.21. The Balaban J connectivity index is 1.59. The zero-order valence-corrected chi connectivity index (χ0v) is 17.3. The second-order valence-corrected chi connectivity index (χ2v) is 9.00. The molecule has 9 heteroatoms. The third-order valence-electron chi connectivity index (χ3n) is 4.86. The highest BCUT2D eigenvalue weighted by molar-refractivity contribution is 7.99. The molecular weight excluding hydrogens is 382 g/mol. The van der Waals surface area contributed by atoms with E-state index in [-0.39, 0.29) is 12.3 Å². The lowest BCUT2D eigenvalue weighted by Crippen LogP contribution is -2.34. The van der Waals surface area contributed by atoms with Gasteiger partial charge in [0.05, 0.1) is 4.88 Å². The Morgan fingerprint density at radius 1 is 1.44 bits per heavy atom. The smallest absolute Gasteiger partial charge is 0.318 e. The summed E-state index contributed by atoms with van der Waals surface area (Å²) < 4.78 is 2.02. The first kappa shape index (κ1) is 19.9. The number of nitrogens with zero attached hydrogens (tertiary/aromatic N) is 3. The summed E-state index contributed by atoms with van der Waals surface area (Å²) in [6.45, 7) is 2.27. The number of nitrogens with one attached hydrogen (secondary N) is 1. The van der Waals surface area contributed by atoms with Gasteiger partial charge in [0, 0.05) is 24.1 Å². The fraction of sp³-hybridized carbons (Fsp3) is 0.556. The molecule has 3 rings (SSSR count). The van der Waals surface area contributed by atoms with Crippen molar-refractivity contribution >= 4 is 35.0 Å². The molecule has 3 N–H and O–H groups in total. The van der Waals surface area contributed by atoms with Crippen molar-refractivity contribution in [3.8, 4) is 10.7 Å². The molecule has 27 heavy (non-hydrogen) atoms. The van der Waals surface area contributed by atoms with Gasteiger partial charge in [0.25, 0.3) is 0 Å². The minimum atomic E-state index is -0.811. The normalized spacial score (nSPS) is 16.1. The lowest BCUT2D eigenvalue weighted by Gasteiger charge is -2.19. The van der Waals surface area contributed by atoms with Crippen LogP contribution in [0.4, 0.5) is 4.79 Å². The average molecular weight is 408 g/mol. The molecule has 0 aliphatic heterocycles. The van der Waals surface area contributed by atoms with Crippen LogP contribution >= 0.6 is 23.1 Å². The van der Waals surface area contributed by atoms with E-state index in [2.05, 4.69) is 28.5 Å². The quantitative estimate of drug-likeness (QED) is 0.542. The molecule has 1 unspecified atom stereocenters. The van der Waals surface area contributed by atoms with Crippen LogP contribution in [0.3, 0.4) is 0 Å². The van der Waals surface area contributed by atoms with Crippen LogP contribution in [0.1, 0.15) is 43.0 Å². The molecule has 146 valence electrons. The maximum absolute atomic E-state index is 11.4. The number of carbonyl (C=O) groups is 2. The Morgan fingerprint density at radius 3 is 3.00 bits per heavy atom. The summed E-state index contributed by atoms with van der Waals surface area (Å²) in [6.07, 6.45) is 5.77. The number of hydrogen-bond donors (Lipinski definition) is 2. The van der Waals surface area contributed by atoms with Crippen molar-refractivity contribution in [2.45, 2.75) is 50.6 Å². The number of thiophene rings is 1. The highest BCUT2D eigenvalue weighted by atomic mass is 32.2. The van der Waals surface area contributed by atoms with Crippen molar-refractivity contribution < 1.29 is 9.59 Å². The van der Waals surface area contributed by atoms with Gasteiger partial charge >= 0.3 is 6.03 Å². The summed E-state index contributed by atoms with van der Waals surface area (Å²) in [5.41, 5.74) is 6.40. The van der Waals surface area contributed by atoms with Gasteiger partial charge < -0.3 is 10.3 Å². The third kappa shape index (κ3) is 4.90. The van der Waals surface area contributed by atoms with Gasteiger partial charge in [-0.2, -0.15) is 0 Å². The number of rotatable bonds is 7. The Morgan fingerprint density at radius 2 is 2.26 bits per heavy atom. The van der Waals surface area contributed by atoms with E-state index in [1.165, 1.54) is 41.0 Å². The van der Waals surface area contributed by atoms with E-state index in [4.69, 9.17) is 5.73 Å². The maximum Gasteiger partial charge on any atom is 0.318 e. The maximum atomic E-state index is 11.4. The summed E-state index contributed by atoms with van der Waals surface area (Å²) >= 11 is 3.40. The predicted octanol–water partition coefficient (Wildman–Crippen LogP) is 3.13. The van der Waals surface area contributed by atoms with Crippen molar-refractivity contribution in [2.75, 3.05) is 5.75 Å². The van der Waals surface area contributed by atoms with Crippen LogP contribution in [0.15, 0.2) is 11.2 Å². The number of amides is 3. The number of hydrogen-bond acceptors (Lipinski definition) is 6. The number of aromatic nitrogens is 3. The summed E-state index contributed by atoms with van der Waals surface area (Å²) in [6, 6.07) is 1.48. The molecule has 0 saturated carbocycles. The monoisotopic (exact) mass is 407 g/mol. The first-order chi connectivity index (χ1) is 13.0. The topological polar surface area (TPSA) is 103 Å². The molecular formula is C18H25N5O2S2. The van der Waals surface area contributed by atoms with Gasteiger partial charge in [-0.15, -0.1) is 21.5 Å². The van der Waals surface area contributed by atoms with E-state index >= 15 is 0 Å². The van der Waals surface area contributed by atoms with Gasteiger partial charge in [-0.25, -0.2) is 4.79 Å². The number of urea groups is 1. The summed E-state index contributed by atoms with van der Waals surface area (Å²) in [7, 11) is 1.98. The van der Waals surface area contributed by atoms with E-state index in [1.807, 2.05) is 23.0 Å². The van der Waals surface area contributed by atoms with Crippen LogP contribution in [0, 0.1) is 5.92 Å². The number of imide groups is 1. The molecule has 0 saturated heterocycles. The first-order valence-corrected chi connectivity index (χ1v) is 11.0. The van der Waals surface area contributed by atoms with Gasteiger partial charge in [0.15, 0.2) is 11.0 Å². The Kier molecular flexibility index (Phi) is 6.54. The van der Waals surface area contributed by atoms with E-state index < -0.39 is 6.03 Å². The molecule has 1 aliphatic rings. The minimum absolute atomic E-state index is 0.261. The van der Waals surface area contributed by atoms with Crippen LogP contribution in [-0.4, -0.2) is 32.5 Å². The van der Waals surface area contributed by atoms with Crippen molar-refractivity contribution in [2.24, 2.45) is 18.7 Å². The highest BCUT2D eigenvalue weighted by Crippen LogP contribution is 2.38. The zero-order chi connectivity index (χ0) is 19.4. The Bertz CT molecular complexity index is 830. The number of aryl methyl sites for hydroxylation is 1. The Hall–Kier alpha value is -1.87. The van der Waals surface area contributed by atoms with Gasteiger partial charge in [0.2, 0.25) is 5.91 Å².